The van der Waals surface area contributed by atoms with Gasteiger partial charge in [0, 0.05) is 11.8 Å². The molecule has 0 aliphatic carbocycles. The van der Waals surface area contributed by atoms with Gasteiger partial charge in [-0.1, -0.05) is 0 Å². The van der Waals surface area contributed by atoms with Crippen molar-refractivity contribution in [1.29, 1.82) is 0 Å². The van der Waals surface area contributed by atoms with Crippen molar-refractivity contribution in [2.24, 2.45) is 0 Å². The summed E-state index contributed by atoms with van der Waals surface area (Å²) in [6.07, 6.45) is 1.36. The van der Waals surface area contributed by atoms with E-state index in [1.54, 1.807) is 6.92 Å². The SMILES string of the molecule is CCOc1ncnc(Sc2nc(C)cc(=O)[nH]2)c1N. The largest absolute Gasteiger partial charge is 0.476 e. The van der Waals surface area contributed by atoms with Crippen LogP contribution in [0.25, 0.3) is 0 Å². The highest BCUT2D eigenvalue weighted by Crippen LogP contribution is 2.31. The van der Waals surface area contributed by atoms with Crippen LogP contribution in [0.3, 0.4) is 0 Å². The van der Waals surface area contributed by atoms with E-state index in [2.05, 4.69) is 19.9 Å². The zero-order valence-electron chi connectivity index (χ0n) is 10.5. The molecule has 2 rings (SSSR count). The number of anilines is 1. The van der Waals surface area contributed by atoms with Crippen LogP contribution >= 0.6 is 11.8 Å². The summed E-state index contributed by atoms with van der Waals surface area (Å²) >= 11 is 1.16. The lowest BCUT2D eigenvalue weighted by molar-refractivity contribution is 0.327. The van der Waals surface area contributed by atoms with Crippen LogP contribution in [-0.2, 0) is 0 Å². The van der Waals surface area contributed by atoms with E-state index < -0.39 is 0 Å². The number of hydrogen-bond acceptors (Lipinski definition) is 7. The normalized spacial score (nSPS) is 10.4. The highest BCUT2D eigenvalue weighted by molar-refractivity contribution is 7.99. The number of nitrogens with zero attached hydrogens (tertiary/aromatic N) is 3. The van der Waals surface area contributed by atoms with Gasteiger partial charge in [0.05, 0.1) is 6.61 Å². The van der Waals surface area contributed by atoms with E-state index >= 15 is 0 Å². The minimum Gasteiger partial charge on any atom is -0.476 e. The van der Waals surface area contributed by atoms with E-state index in [1.165, 1.54) is 12.4 Å². The van der Waals surface area contributed by atoms with Crippen molar-refractivity contribution in [3.8, 4) is 5.88 Å². The molecule has 0 saturated carbocycles. The lowest BCUT2D eigenvalue weighted by atomic mass is 10.5. The maximum atomic E-state index is 11.4. The van der Waals surface area contributed by atoms with Crippen LogP contribution in [0.2, 0.25) is 0 Å². The Morgan fingerprint density at radius 3 is 2.95 bits per heavy atom. The summed E-state index contributed by atoms with van der Waals surface area (Å²) in [6, 6.07) is 1.42. The molecule has 0 spiro atoms. The predicted molar refractivity (Wildman–Crippen MR) is 71.3 cm³/mol. The molecule has 0 radical (unpaired) electrons. The second-order valence-electron chi connectivity index (χ2n) is 3.62. The highest BCUT2D eigenvalue weighted by atomic mass is 32.2. The molecule has 0 bridgehead atoms. The van der Waals surface area contributed by atoms with Gasteiger partial charge in [-0.2, -0.15) is 4.98 Å². The molecule has 2 aromatic heterocycles. The van der Waals surface area contributed by atoms with Crippen LogP contribution in [0.5, 0.6) is 5.88 Å². The van der Waals surface area contributed by atoms with Crippen LogP contribution in [0, 0.1) is 6.92 Å². The summed E-state index contributed by atoms with van der Waals surface area (Å²) in [4.78, 5) is 26.2. The van der Waals surface area contributed by atoms with Crippen LogP contribution in [0.15, 0.2) is 27.4 Å². The zero-order valence-corrected chi connectivity index (χ0v) is 11.3. The van der Waals surface area contributed by atoms with E-state index in [-0.39, 0.29) is 5.56 Å². The Hall–Kier alpha value is -2.09. The summed E-state index contributed by atoms with van der Waals surface area (Å²) in [5.74, 6) is 0.329. The molecule has 0 aromatic carbocycles. The lowest BCUT2D eigenvalue weighted by Crippen LogP contribution is -2.08. The van der Waals surface area contributed by atoms with Crippen LogP contribution in [0.1, 0.15) is 12.6 Å². The Morgan fingerprint density at radius 2 is 2.26 bits per heavy atom. The average Bonchev–Trinajstić information content (AvgIpc) is 2.33. The van der Waals surface area contributed by atoms with Gasteiger partial charge in [-0.3, -0.25) is 4.79 Å². The van der Waals surface area contributed by atoms with Crippen molar-refractivity contribution < 1.29 is 4.74 Å². The molecule has 0 aliphatic heterocycles. The predicted octanol–water partition coefficient (Wildman–Crippen LogP) is 1.00. The van der Waals surface area contributed by atoms with Crippen molar-refractivity contribution in [3.63, 3.8) is 0 Å². The third kappa shape index (κ3) is 3.22. The molecule has 0 fully saturated rings. The smallest absolute Gasteiger partial charge is 0.251 e. The van der Waals surface area contributed by atoms with Crippen molar-refractivity contribution >= 4 is 17.4 Å². The molecule has 2 heterocycles. The third-order valence-electron chi connectivity index (χ3n) is 2.13. The van der Waals surface area contributed by atoms with E-state index in [9.17, 15) is 4.79 Å². The monoisotopic (exact) mass is 279 g/mol. The van der Waals surface area contributed by atoms with Gasteiger partial charge >= 0.3 is 0 Å². The molecule has 3 N–H and O–H groups in total. The summed E-state index contributed by atoms with van der Waals surface area (Å²) in [6.45, 7) is 4.05. The standard InChI is InChI=1S/C11H13N5O2S/c1-3-18-9-8(12)10(14-5-13-9)19-11-15-6(2)4-7(17)16-11/h4-5H,3,12H2,1-2H3,(H,15,16,17). The number of rotatable bonds is 4. The molecule has 0 atom stereocenters. The molecule has 19 heavy (non-hydrogen) atoms. The Kier molecular flexibility index (Phi) is 4.00. The summed E-state index contributed by atoms with van der Waals surface area (Å²) in [5.41, 5.74) is 6.65. The fourth-order valence-corrected chi connectivity index (χ4v) is 2.21. The Labute approximate surface area is 113 Å². The molecule has 2 aromatic rings. The van der Waals surface area contributed by atoms with Gasteiger partial charge in [0.2, 0.25) is 5.88 Å². The van der Waals surface area contributed by atoms with Crippen LogP contribution in [0.4, 0.5) is 5.69 Å². The number of aromatic nitrogens is 4. The van der Waals surface area contributed by atoms with E-state index in [1.807, 2.05) is 6.92 Å². The number of nitrogens with two attached hydrogens (primary N) is 1. The van der Waals surface area contributed by atoms with Crippen LogP contribution < -0.4 is 16.0 Å². The second kappa shape index (κ2) is 5.70. The average molecular weight is 279 g/mol. The lowest BCUT2D eigenvalue weighted by Gasteiger charge is -2.08. The van der Waals surface area contributed by atoms with Crippen LogP contribution in [-0.4, -0.2) is 26.5 Å². The van der Waals surface area contributed by atoms with Crippen molar-refractivity contribution in [2.45, 2.75) is 24.0 Å². The topological polar surface area (TPSA) is 107 Å². The number of nitrogen functional groups attached to an aromatic ring is 1. The minimum atomic E-state index is -0.215. The highest BCUT2D eigenvalue weighted by Gasteiger charge is 2.11. The fourth-order valence-electron chi connectivity index (χ4n) is 1.39. The molecule has 0 aliphatic rings. The molecular formula is C11H13N5O2S. The summed E-state index contributed by atoms with van der Waals surface area (Å²) in [5, 5.41) is 0.921. The number of hydrogen-bond donors (Lipinski definition) is 2. The second-order valence-corrected chi connectivity index (χ2v) is 4.60. The van der Waals surface area contributed by atoms with E-state index in [4.69, 9.17) is 10.5 Å². The van der Waals surface area contributed by atoms with Crippen molar-refractivity contribution in [3.05, 3.63) is 28.4 Å². The molecule has 0 unspecified atom stereocenters. The first-order chi connectivity index (χ1) is 9.10. The first-order valence-electron chi connectivity index (χ1n) is 5.59. The number of ether oxygens (including phenoxy) is 1. The molecule has 0 saturated heterocycles. The number of aryl methyl sites for hydroxylation is 1. The van der Waals surface area contributed by atoms with Gasteiger partial charge in [0.25, 0.3) is 5.56 Å². The maximum Gasteiger partial charge on any atom is 0.251 e. The van der Waals surface area contributed by atoms with E-state index in [0.29, 0.717) is 34.1 Å². The van der Waals surface area contributed by atoms with Gasteiger partial charge in [-0.05, 0) is 25.6 Å². The number of aromatic amines is 1. The Morgan fingerprint density at radius 1 is 1.47 bits per heavy atom. The van der Waals surface area contributed by atoms with Crippen molar-refractivity contribution in [2.75, 3.05) is 12.3 Å². The number of H-pyrrole nitrogens is 1. The fraction of sp³-hybridized carbons (Fsp3) is 0.273. The molecule has 7 nitrogen and oxygen atoms in total. The third-order valence-corrected chi connectivity index (χ3v) is 3.04. The van der Waals surface area contributed by atoms with Gasteiger partial charge in [-0.25, -0.2) is 9.97 Å². The molecule has 100 valence electrons. The molecule has 8 heteroatoms. The van der Waals surface area contributed by atoms with Gasteiger partial charge in [0.1, 0.15) is 17.0 Å². The minimum absolute atomic E-state index is 0.215. The van der Waals surface area contributed by atoms with Gasteiger partial charge < -0.3 is 15.5 Å². The first kappa shape index (κ1) is 13.3. The summed E-state index contributed by atoms with van der Waals surface area (Å²) in [7, 11) is 0. The Balaban J connectivity index is 2.32. The van der Waals surface area contributed by atoms with Gasteiger partial charge in [0.15, 0.2) is 5.16 Å². The van der Waals surface area contributed by atoms with Crippen molar-refractivity contribution in [1.82, 2.24) is 19.9 Å². The quantitative estimate of drug-likeness (QED) is 0.635. The molecule has 0 amide bonds. The maximum absolute atomic E-state index is 11.4. The number of nitrogens with one attached hydrogen (secondary N) is 1. The Bertz CT molecular complexity index is 643. The molecular weight excluding hydrogens is 266 g/mol. The van der Waals surface area contributed by atoms with E-state index in [0.717, 1.165) is 11.8 Å². The zero-order chi connectivity index (χ0) is 13.8. The van der Waals surface area contributed by atoms with Gasteiger partial charge in [-0.15, -0.1) is 0 Å². The first-order valence-corrected chi connectivity index (χ1v) is 6.41. The summed E-state index contributed by atoms with van der Waals surface area (Å²) < 4.78 is 5.28.